The third-order valence-corrected chi connectivity index (χ3v) is 5.44. The number of nitrogens with one attached hydrogen (secondary N) is 2. The summed E-state index contributed by atoms with van der Waals surface area (Å²) in [4.78, 5) is 39.3. The maximum absolute atomic E-state index is 12.7. The van der Waals surface area contributed by atoms with Gasteiger partial charge in [0.1, 0.15) is 6.54 Å². The largest absolute Gasteiger partial charge is 0.480 e. The van der Waals surface area contributed by atoms with Crippen molar-refractivity contribution in [2.45, 2.75) is 12.8 Å². The molecule has 0 aromatic heterocycles. The zero-order valence-corrected chi connectivity index (χ0v) is 16.6. The minimum atomic E-state index is -1.06. The molecule has 8 heteroatoms. The number of carbonyl (C=O) groups is 3. The predicted octanol–water partition coefficient (Wildman–Crippen LogP) is 1.71. The van der Waals surface area contributed by atoms with Crippen LogP contribution in [0.1, 0.15) is 22.3 Å². The highest BCUT2D eigenvalue weighted by molar-refractivity contribution is 6.05. The standard InChI is InChI=1S/C22H24N4O4/c27-20-8-3-16-13-17(4-7-19(16)26(20)14-21(28)29)24-22(30)15-1-5-18(6-2-15)25-11-9-23-10-12-25/h1-2,4-7,13,23H,3,8-12,14H2,(H,24,30)(H,28,29). The Morgan fingerprint density at radius 3 is 2.47 bits per heavy atom. The van der Waals surface area contributed by atoms with Gasteiger partial charge in [0.15, 0.2) is 0 Å². The lowest BCUT2D eigenvalue weighted by Gasteiger charge is -2.29. The summed E-state index contributed by atoms with van der Waals surface area (Å²) in [5.74, 6) is -1.47. The molecule has 2 amide bonds. The van der Waals surface area contributed by atoms with Gasteiger partial charge >= 0.3 is 5.97 Å². The topological polar surface area (TPSA) is 102 Å². The Hall–Kier alpha value is -3.39. The summed E-state index contributed by atoms with van der Waals surface area (Å²) in [5.41, 5.74) is 3.73. The molecule has 4 rings (SSSR count). The maximum Gasteiger partial charge on any atom is 0.323 e. The van der Waals surface area contributed by atoms with Gasteiger partial charge in [-0.1, -0.05) is 0 Å². The number of aryl methyl sites for hydroxylation is 1. The van der Waals surface area contributed by atoms with Crippen LogP contribution in [0.3, 0.4) is 0 Å². The molecule has 156 valence electrons. The Morgan fingerprint density at radius 1 is 1.03 bits per heavy atom. The quantitative estimate of drug-likeness (QED) is 0.696. The molecule has 2 aromatic rings. The van der Waals surface area contributed by atoms with Crippen LogP contribution >= 0.6 is 0 Å². The monoisotopic (exact) mass is 408 g/mol. The highest BCUT2D eigenvalue weighted by Gasteiger charge is 2.26. The van der Waals surface area contributed by atoms with Crippen molar-refractivity contribution < 1.29 is 19.5 Å². The lowest BCUT2D eigenvalue weighted by Crippen LogP contribution is -2.43. The molecule has 2 aliphatic rings. The van der Waals surface area contributed by atoms with E-state index in [9.17, 15) is 14.4 Å². The lowest BCUT2D eigenvalue weighted by atomic mass is 10.00. The summed E-state index contributed by atoms with van der Waals surface area (Å²) >= 11 is 0. The summed E-state index contributed by atoms with van der Waals surface area (Å²) in [5, 5.41) is 15.3. The number of carbonyl (C=O) groups excluding carboxylic acids is 2. The van der Waals surface area contributed by atoms with Crippen molar-refractivity contribution in [1.82, 2.24) is 5.32 Å². The number of rotatable bonds is 5. The SMILES string of the molecule is O=C(O)CN1C(=O)CCc2cc(NC(=O)c3ccc(N4CCNCC4)cc3)ccc21. The van der Waals surface area contributed by atoms with Gasteiger partial charge in [0, 0.05) is 55.2 Å². The molecule has 30 heavy (non-hydrogen) atoms. The van der Waals surface area contributed by atoms with Gasteiger partial charge in [-0.2, -0.15) is 0 Å². The van der Waals surface area contributed by atoms with Gasteiger partial charge in [-0.15, -0.1) is 0 Å². The highest BCUT2D eigenvalue weighted by atomic mass is 16.4. The van der Waals surface area contributed by atoms with E-state index in [1.807, 2.05) is 30.3 Å². The number of piperazine rings is 1. The number of benzene rings is 2. The molecule has 1 saturated heterocycles. The summed E-state index contributed by atoms with van der Waals surface area (Å²) in [7, 11) is 0. The molecule has 2 aliphatic heterocycles. The first kappa shape index (κ1) is 19.9. The van der Waals surface area contributed by atoms with Crippen LogP contribution in [0.2, 0.25) is 0 Å². The molecule has 0 radical (unpaired) electrons. The fourth-order valence-corrected chi connectivity index (χ4v) is 3.90. The number of carboxylic acid groups (broad SMARTS) is 1. The van der Waals surface area contributed by atoms with Crippen LogP contribution in [0.4, 0.5) is 17.1 Å². The molecule has 0 spiro atoms. The van der Waals surface area contributed by atoms with Crippen molar-refractivity contribution in [3.05, 3.63) is 53.6 Å². The van der Waals surface area contributed by atoms with Gasteiger partial charge in [-0.3, -0.25) is 14.4 Å². The van der Waals surface area contributed by atoms with Crippen LogP contribution in [0.15, 0.2) is 42.5 Å². The Balaban J connectivity index is 1.46. The second-order valence-electron chi connectivity index (χ2n) is 7.46. The molecule has 8 nitrogen and oxygen atoms in total. The second-order valence-corrected chi connectivity index (χ2v) is 7.46. The number of aliphatic carboxylic acids is 1. The zero-order valence-electron chi connectivity index (χ0n) is 16.6. The summed E-state index contributed by atoms with van der Waals surface area (Å²) < 4.78 is 0. The van der Waals surface area contributed by atoms with Crippen molar-refractivity contribution in [1.29, 1.82) is 0 Å². The van der Waals surface area contributed by atoms with Crippen molar-refractivity contribution in [2.24, 2.45) is 0 Å². The molecule has 0 aliphatic carbocycles. The summed E-state index contributed by atoms with van der Waals surface area (Å²) in [6, 6.07) is 12.8. The molecule has 2 heterocycles. The van der Waals surface area contributed by atoms with E-state index in [2.05, 4.69) is 15.5 Å². The minimum Gasteiger partial charge on any atom is -0.480 e. The first-order valence-corrected chi connectivity index (χ1v) is 10.0. The first-order chi connectivity index (χ1) is 14.5. The predicted molar refractivity (Wildman–Crippen MR) is 114 cm³/mol. The minimum absolute atomic E-state index is 0.203. The Labute approximate surface area is 174 Å². The number of nitrogens with zero attached hydrogens (tertiary/aromatic N) is 2. The van der Waals surface area contributed by atoms with Gasteiger partial charge in [-0.25, -0.2) is 0 Å². The van der Waals surface area contributed by atoms with Gasteiger partial charge in [0.2, 0.25) is 5.91 Å². The normalized spacial score (nSPS) is 16.2. The average molecular weight is 408 g/mol. The van der Waals surface area contributed by atoms with E-state index >= 15 is 0 Å². The van der Waals surface area contributed by atoms with Gasteiger partial charge in [-0.05, 0) is 54.4 Å². The number of hydrogen-bond donors (Lipinski definition) is 3. The number of carboxylic acids is 1. The number of fused-ring (bicyclic) bond motifs is 1. The van der Waals surface area contributed by atoms with Gasteiger partial charge < -0.3 is 25.5 Å². The van der Waals surface area contributed by atoms with Crippen LogP contribution in [-0.4, -0.2) is 55.6 Å². The molecular weight excluding hydrogens is 384 g/mol. The Kier molecular flexibility index (Phi) is 5.67. The van der Waals surface area contributed by atoms with Crippen molar-refractivity contribution >= 4 is 34.8 Å². The van der Waals surface area contributed by atoms with Gasteiger partial charge in [0.05, 0.1) is 0 Å². The van der Waals surface area contributed by atoms with E-state index in [1.54, 1.807) is 12.1 Å². The fourth-order valence-electron chi connectivity index (χ4n) is 3.90. The third kappa shape index (κ3) is 4.28. The number of anilines is 3. The van der Waals surface area contributed by atoms with E-state index in [4.69, 9.17) is 5.11 Å². The summed E-state index contributed by atoms with van der Waals surface area (Å²) in [6.07, 6.45) is 0.776. The Morgan fingerprint density at radius 2 is 1.77 bits per heavy atom. The lowest BCUT2D eigenvalue weighted by molar-refractivity contribution is -0.136. The van der Waals surface area contributed by atoms with Gasteiger partial charge in [0.25, 0.3) is 5.91 Å². The van der Waals surface area contributed by atoms with Crippen molar-refractivity contribution in [3.63, 3.8) is 0 Å². The number of hydrogen-bond acceptors (Lipinski definition) is 5. The third-order valence-electron chi connectivity index (χ3n) is 5.44. The van der Waals surface area contributed by atoms with Crippen molar-refractivity contribution in [3.8, 4) is 0 Å². The number of amides is 2. The molecule has 0 bridgehead atoms. The molecule has 0 atom stereocenters. The zero-order chi connectivity index (χ0) is 21.1. The first-order valence-electron chi connectivity index (χ1n) is 10.0. The van der Waals surface area contributed by atoms with E-state index < -0.39 is 5.97 Å². The second kappa shape index (κ2) is 8.54. The molecule has 0 saturated carbocycles. The molecule has 0 unspecified atom stereocenters. The van der Waals surface area contributed by atoms with Crippen LogP contribution < -0.4 is 20.4 Å². The van der Waals surface area contributed by atoms with E-state index in [0.717, 1.165) is 37.4 Å². The van der Waals surface area contributed by atoms with Crippen LogP contribution in [0, 0.1) is 0 Å². The molecular formula is C22H24N4O4. The maximum atomic E-state index is 12.7. The fraction of sp³-hybridized carbons (Fsp3) is 0.318. The average Bonchev–Trinajstić information content (AvgIpc) is 2.76. The van der Waals surface area contributed by atoms with Crippen LogP contribution in [0.25, 0.3) is 0 Å². The van der Waals surface area contributed by atoms with Crippen molar-refractivity contribution in [2.75, 3.05) is 47.8 Å². The van der Waals surface area contributed by atoms with E-state index in [-0.39, 0.29) is 24.8 Å². The van der Waals surface area contributed by atoms with Crippen LogP contribution in [0.5, 0.6) is 0 Å². The highest BCUT2D eigenvalue weighted by Crippen LogP contribution is 2.30. The Bertz CT molecular complexity index is 968. The van der Waals surface area contributed by atoms with Crippen LogP contribution in [-0.2, 0) is 16.0 Å². The molecule has 1 fully saturated rings. The van der Waals surface area contributed by atoms with E-state index in [0.29, 0.717) is 23.4 Å². The smallest absolute Gasteiger partial charge is 0.323 e. The molecule has 3 N–H and O–H groups in total. The summed E-state index contributed by atoms with van der Waals surface area (Å²) in [6.45, 7) is 3.44. The molecule has 2 aromatic carbocycles. The van der Waals surface area contributed by atoms with E-state index in [1.165, 1.54) is 4.90 Å².